The van der Waals surface area contributed by atoms with Gasteiger partial charge in [-0.15, -0.1) is 0 Å². The predicted molar refractivity (Wildman–Crippen MR) is 78.5 cm³/mol. The molecule has 1 N–H and O–H groups in total. The molecule has 0 saturated carbocycles. The van der Waals surface area contributed by atoms with Crippen LogP contribution in [0.4, 0.5) is 11.7 Å². The third-order valence-electron chi connectivity index (χ3n) is 3.59. The minimum atomic E-state index is 0.280. The van der Waals surface area contributed by atoms with Gasteiger partial charge in [-0.05, 0) is 25.0 Å². The van der Waals surface area contributed by atoms with E-state index in [1.54, 1.807) is 6.20 Å². The Balaban J connectivity index is 1.47. The van der Waals surface area contributed by atoms with Crippen molar-refractivity contribution < 1.29 is 9.15 Å². The number of nitrogens with zero attached hydrogens (tertiary/aromatic N) is 3. The number of nitrogens with one attached hydrogen (secondary N) is 1. The Kier molecular flexibility index (Phi) is 3.08. The van der Waals surface area contributed by atoms with Crippen LogP contribution in [0, 0.1) is 0 Å². The van der Waals surface area contributed by atoms with Gasteiger partial charge in [-0.2, -0.15) is 10.1 Å². The highest BCUT2D eigenvalue weighted by Gasteiger charge is 2.16. The minimum absolute atomic E-state index is 0.280. The molecular weight excluding hydrogens is 268 g/mol. The first-order valence-electron chi connectivity index (χ1n) is 7.13. The van der Waals surface area contributed by atoms with E-state index < -0.39 is 0 Å². The molecule has 0 spiro atoms. The van der Waals surface area contributed by atoms with Crippen molar-refractivity contribution in [1.82, 2.24) is 14.8 Å². The standard InChI is InChI=1S/C15H16N4O2/c1-2-6-14-13(5-1)18-15(21-14)17-11-8-16-19(9-11)10-12-4-3-7-20-12/h1-2,5-6,8-9,12H,3-4,7,10H2,(H,17,18). The molecule has 1 aliphatic rings. The number of hydrogen-bond acceptors (Lipinski definition) is 5. The van der Waals surface area contributed by atoms with Crippen LogP contribution in [0.3, 0.4) is 0 Å². The molecule has 1 aliphatic heterocycles. The van der Waals surface area contributed by atoms with Gasteiger partial charge in [-0.3, -0.25) is 4.68 Å². The Morgan fingerprint density at radius 3 is 3.14 bits per heavy atom. The summed E-state index contributed by atoms with van der Waals surface area (Å²) in [5, 5.41) is 7.47. The molecule has 4 rings (SSSR count). The second-order valence-electron chi connectivity index (χ2n) is 5.20. The number of fused-ring (bicyclic) bond motifs is 1. The average molecular weight is 284 g/mol. The molecule has 3 heterocycles. The Morgan fingerprint density at radius 1 is 1.33 bits per heavy atom. The molecule has 0 aliphatic carbocycles. The monoisotopic (exact) mass is 284 g/mol. The van der Waals surface area contributed by atoms with Crippen molar-refractivity contribution in [3.63, 3.8) is 0 Å². The van der Waals surface area contributed by atoms with E-state index in [1.165, 1.54) is 0 Å². The molecule has 1 unspecified atom stereocenters. The lowest BCUT2D eigenvalue weighted by Crippen LogP contribution is -2.15. The highest BCUT2D eigenvalue weighted by Crippen LogP contribution is 2.22. The maximum atomic E-state index is 5.63. The van der Waals surface area contributed by atoms with Gasteiger partial charge in [-0.1, -0.05) is 12.1 Å². The molecule has 0 radical (unpaired) electrons. The van der Waals surface area contributed by atoms with Crippen molar-refractivity contribution in [1.29, 1.82) is 0 Å². The Labute approximate surface area is 121 Å². The summed E-state index contributed by atoms with van der Waals surface area (Å²) in [6.07, 6.45) is 6.23. The number of oxazole rings is 1. The summed E-state index contributed by atoms with van der Waals surface area (Å²) in [6, 6.07) is 8.16. The SMILES string of the molecule is c1ccc2oc(Nc3cnn(CC4CCCO4)c3)nc2c1. The number of para-hydroxylation sites is 2. The Bertz CT molecular complexity index is 710. The molecule has 1 fully saturated rings. The summed E-state index contributed by atoms with van der Waals surface area (Å²) in [7, 11) is 0. The number of aromatic nitrogens is 3. The maximum absolute atomic E-state index is 5.63. The molecule has 6 heteroatoms. The maximum Gasteiger partial charge on any atom is 0.300 e. The van der Waals surface area contributed by atoms with Crippen LogP contribution in [-0.4, -0.2) is 27.5 Å². The van der Waals surface area contributed by atoms with E-state index in [9.17, 15) is 0 Å². The van der Waals surface area contributed by atoms with Crippen LogP contribution in [0.15, 0.2) is 41.1 Å². The predicted octanol–water partition coefficient (Wildman–Crippen LogP) is 2.95. The van der Waals surface area contributed by atoms with Crippen LogP contribution in [-0.2, 0) is 11.3 Å². The number of benzene rings is 1. The summed E-state index contributed by atoms with van der Waals surface area (Å²) in [5.74, 6) is 0. The topological polar surface area (TPSA) is 65.1 Å². The lowest BCUT2D eigenvalue weighted by molar-refractivity contribution is 0.0940. The lowest BCUT2D eigenvalue weighted by Gasteiger charge is -2.08. The molecular formula is C15H16N4O2. The van der Waals surface area contributed by atoms with Crippen molar-refractivity contribution in [3.05, 3.63) is 36.7 Å². The third-order valence-corrected chi connectivity index (χ3v) is 3.59. The van der Waals surface area contributed by atoms with Gasteiger partial charge in [0.2, 0.25) is 0 Å². The van der Waals surface area contributed by atoms with Gasteiger partial charge in [0.25, 0.3) is 6.01 Å². The average Bonchev–Trinajstić information content (AvgIpc) is 3.20. The Morgan fingerprint density at radius 2 is 2.29 bits per heavy atom. The van der Waals surface area contributed by atoms with Crippen LogP contribution in [0.5, 0.6) is 0 Å². The van der Waals surface area contributed by atoms with Gasteiger partial charge < -0.3 is 14.5 Å². The highest BCUT2D eigenvalue weighted by molar-refractivity contribution is 5.74. The lowest BCUT2D eigenvalue weighted by atomic mass is 10.2. The van der Waals surface area contributed by atoms with Crippen LogP contribution in [0.25, 0.3) is 11.1 Å². The van der Waals surface area contributed by atoms with E-state index in [1.807, 2.05) is 35.1 Å². The van der Waals surface area contributed by atoms with E-state index >= 15 is 0 Å². The van der Waals surface area contributed by atoms with Crippen LogP contribution >= 0.6 is 0 Å². The quantitative estimate of drug-likeness (QED) is 0.798. The Hall–Kier alpha value is -2.34. The number of anilines is 2. The minimum Gasteiger partial charge on any atom is -0.423 e. The van der Waals surface area contributed by atoms with Gasteiger partial charge in [-0.25, -0.2) is 0 Å². The first-order valence-corrected chi connectivity index (χ1v) is 7.13. The van der Waals surface area contributed by atoms with E-state index in [0.29, 0.717) is 6.01 Å². The molecule has 0 bridgehead atoms. The molecule has 108 valence electrons. The summed E-state index contributed by atoms with van der Waals surface area (Å²) >= 11 is 0. The van der Waals surface area contributed by atoms with Gasteiger partial charge in [0.15, 0.2) is 5.58 Å². The van der Waals surface area contributed by atoms with Crippen molar-refractivity contribution >= 4 is 22.8 Å². The van der Waals surface area contributed by atoms with Gasteiger partial charge in [0.05, 0.1) is 24.5 Å². The molecule has 2 aromatic heterocycles. The van der Waals surface area contributed by atoms with Crippen molar-refractivity contribution in [2.75, 3.05) is 11.9 Å². The third kappa shape index (κ3) is 2.62. The first-order chi connectivity index (χ1) is 10.4. The molecule has 0 amide bonds. The number of rotatable bonds is 4. The van der Waals surface area contributed by atoms with E-state index in [0.717, 1.165) is 42.8 Å². The molecule has 1 saturated heterocycles. The first kappa shape index (κ1) is 12.4. The zero-order chi connectivity index (χ0) is 14.1. The largest absolute Gasteiger partial charge is 0.423 e. The van der Waals surface area contributed by atoms with Crippen LogP contribution in [0.1, 0.15) is 12.8 Å². The molecule has 21 heavy (non-hydrogen) atoms. The van der Waals surface area contributed by atoms with E-state index in [2.05, 4.69) is 15.4 Å². The van der Waals surface area contributed by atoms with Crippen molar-refractivity contribution in [2.45, 2.75) is 25.5 Å². The van der Waals surface area contributed by atoms with E-state index in [4.69, 9.17) is 9.15 Å². The fraction of sp³-hybridized carbons (Fsp3) is 0.333. The fourth-order valence-corrected chi connectivity index (χ4v) is 2.57. The van der Waals surface area contributed by atoms with Gasteiger partial charge >= 0.3 is 0 Å². The van der Waals surface area contributed by atoms with Crippen LogP contribution < -0.4 is 5.32 Å². The number of hydrogen-bond donors (Lipinski definition) is 1. The van der Waals surface area contributed by atoms with E-state index in [-0.39, 0.29) is 6.10 Å². The van der Waals surface area contributed by atoms with Crippen molar-refractivity contribution in [3.8, 4) is 0 Å². The van der Waals surface area contributed by atoms with Crippen LogP contribution in [0.2, 0.25) is 0 Å². The zero-order valence-electron chi connectivity index (χ0n) is 11.5. The summed E-state index contributed by atoms with van der Waals surface area (Å²) in [6.45, 7) is 1.65. The fourth-order valence-electron chi connectivity index (χ4n) is 2.57. The molecule has 6 nitrogen and oxygen atoms in total. The van der Waals surface area contributed by atoms with Crippen molar-refractivity contribution in [2.24, 2.45) is 0 Å². The smallest absolute Gasteiger partial charge is 0.300 e. The summed E-state index contributed by atoms with van der Waals surface area (Å²) in [4.78, 5) is 4.38. The summed E-state index contributed by atoms with van der Waals surface area (Å²) in [5.41, 5.74) is 2.47. The van der Waals surface area contributed by atoms with Gasteiger partial charge in [0.1, 0.15) is 5.52 Å². The molecule has 1 aromatic carbocycles. The number of ether oxygens (including phenoxy) is 1. The zero-order valence-corrected chi connectivity index (χ0v) is 11.5. The highest BCUT2D eigenvalue weighted by atomic mass is 16.5. The second kappa shape index (κ2) is 5.21. The molecule has 3 aromatic rings. The summed E-state index contributed by atoms with van der Waals surface area (Å²) < 4.78 is 13.1. The molecule has 1 atom stereocenters. The normalized spacial score (nSPS) is 18.4. The van der Waals surface area contributed by atoms with Gasteiger partial charge in [0, 0.05) is 12.8 Å². The second-order valence-corrected chi connectivity index (χ2v) is 5.20.